The Labute approximate surface area is 416 Å². The first-order chi connectivity index (χ1) is 33.0. The van der Waals surface area contributed by atoms with Crippen LogP contribution in [-0.4, -0.2) is 131 Å². The van der Waals surface area contributed by atoms with E-state index < -0.39 is 41.8 Å². The van der Waals surface area contributed by atoms with Crippen molar-refractivity contribution in [3.63, 3.8) is 0 Å². The molecule has 0 radical (unpaired) electrons. The van der Waals surface area contributed by atoms with Crippen LogP contribution < -0.4 is 15.4 Å². The van der Waals surface area contributed by atoms with Crippen LogP contribution in [0.4, 0.5) is 0 Å². The molecule has 2 N–H and O–H groups in total. The van der Waals surface area contributed by atoms with Crippen LogP contribution in [0.3, 0.4) is 0 Å². The van der Waals surface area contributed by atoms with E-state index in [0.29, 0.717) is 65.8 Å². The molecule has 6 rings (SSSR count). The number of rotatable bonds is 13. The van der Waals surface area contributed by atoms with Gasteiger partial charge in [0.15, 0.2) is 0 Å². The predicted molar refractivity (Wildman–Crippen MR) is 268 cm³/mol. The zero-order valence-electron chi connectivity index (χ0n) is 41.2. The number of imidazole rings is 1. The van der Waals surface area contributed by atoms with Crippen LogP contribution >= 0.6 is 23.2 Å². The van der Waals surface area contributed by atoms with Crippen molar-refractivity contribution in [1.29, 1.82) is 0 Å². The van der Waals surface area contributed by atoms with E-state index in [2.05, 4.69) is 25.1 Å². The zero-order chi connectivity index (χ0) is 49.9. The average molecular weight is 988 g/mol. The minimum absolute atomic E-state index is 0.0333. The van der Waals surface area contributed by atoms with E-state index in [9.17, 15) is 24.0 Å². The standard InChI is InChI=1S/C52H68Cl2N8O7/c1-9-12-36-26-49(64)62(30-37-17-22-39(54)27-46(37)69-41-23-18-35(19-24-41)45-29-55-47(60(45)6)31-58(3)4)33(2)50(65)57-43(32-68-8)52(67)59(5)40(25-34-15-20-38(53)21-16-34)28-48(63)56-42-13-10-11-14-44(42)61(7)51(36)66/h15-24,27,29,33,36,40,42-44H,9-14,25-26,28,30-32H2,1-8H3,(H,56,63)(H,57,65)/t33-,36+,40-,42-,43-,44-/m0/s1. The molecule has 3 aromatic carbocycles. The second-order valence-corrected chi connectivity index (χ2v) is 19.6. The number of hydrogen-bond acceptors (Lipinski definition) is 9. The van der Waals surface area contributed by atoms with Crippen LogP contribution in [0.1, 0.15) is 82.2 Å². The molecule has 6 atom stereocenters. The number of likely N-dealkylation sites (N-methyl/N-ethyl adjacent to an activating group) is 2. The van der Waals surface area contributed by atoms with Crippen molar-refractivity contribution in [2.75, 3.05) is 41.9 Å². The summed E-state index contributed by atoms with van der Waals surface area (Å²) >= 11 is 12.8. The number of benzene rings is 3. The summed E-state index contributed by atoms with van der Waals surface area (Å²) in [5.41, 5.74) is 3.31. The molecule has 0 spiro atoms. The van der Waals surface area contributed by atoms with Crippen LogP contribution in [0, 0.1) is 5.92 Å². The Hall–Kier alpha value is -5.48. The van der Waals surface area contributed by atoms with Gasteiger partial charge in [-0.2, -0.15) is 0 Å². The van der Waals surface area contributed by atoms with Gasteiger partial charge in [0.2, 0.25) is 29.5 Å². The van der Waals surface area contributed by atoms with Gasteiger partial charge in [-0.1, -0.05) is 67.6 Å². The number of aromatic nitrogens is 2. The normalized spacial score (nSPS) is 22.5. The fourth-order valence-corrected chi connectivity index (χ4v) is 9.74. The van der Waals surface area contributed by atoms with Gasteiger partial charge in [-0.15, -0.1) is 0 Å². The third-order valence-electron chi connectivity index (χ3n) is 13.4. The molecule has 1 aromatic heterocycles. The summed E-state index contributed by atoms with van der Waals surface area (Å²) in [6.07, 6.45) is 6.12. The first kappa shape index (κ1) is 52.9. The molecule has 1 aliphatic heterocycles. The number of nitrogens with zero attached hydrogens (tertiary/aromatic N) is 6. The average Bonchev–Trinajstić information content (AvgIpc) is 3.68. The lowest BCUT2D eigenvalue weighted by molar-refractivity contribution is -0.147. The smallest absolute Gasteiger partial charge is 0.247 e. The van der Waals surface area contributed by atoms with Gasteiger partial charge in [-0.05, 0) is 101 Å². The van der Waals surface area contributed by atoms with E-state index in [1.165, 1.54) is 16.9 Å². The Bertz CT molecular complexity index is 2410. The van der Waals surface area contributed by atoms with Gasteiger partial charge in [0.25, 0.3) is 0 Å². The predicted octanol–water partition coefficient (Wildman–Crippen LogP) is 7.26. The largest absolute Gasteiger partial charge is 0.457 e. The minimum Gasteiger partial charge on any atom is -0.457 e. The third-order valence-corrected chi connectivity index (χ3v) is 13.9. The van der Waals surface area contributed by atoms with Gasteiger partial charge in [-0.3, -0.25) is 24.0 Å². The van der Waals surface area contributed by atoms with Crippen molar-refractivity contribution in [2.45, 2.75) is 115 Å². The Balaban J connectivity index is 1.35. The summed E-state index contributed by atoms with van der Waals surface area (Å²) in [6, 6.07) is 16.4. The van der Waals surface area contributed by atoms with Crippen LogP contribution in [0.15, 0.2) is 72.9 Å². The number of fused-ring (bicyclic) bond motifs is 1. The summed E-state index contributed by atoms with van der Waals surface area (Å²) < 4.78 is 14.0. The number of ether oxygens (including phenoxy) is 2. The minimum atomic E-state index is -1.17. The molecule has 1 saturated carbocycles. The Morgan fingerprint density at radius 3 is 2.22 bits per heavy atom. The molecule has 2 fully saturated rings. The summed E-state index contributed by atoms with van der Waals surface area (Å²) in [6.45, 7) is 4.00. The van der Waals surface area contributed by atoms with Crippen molar-refractivity contribution in [3.05, 3.63) is 99.9 Å². The van der Waals surface area contributed by atoms with E-state index in [1.807, 2.05) is 70.7 Å². The van der Waals surface area contributed by atoms with Crippen LogP contribution in [0.2, 0.25) is 10.0 Å². The fourth-order valence-electron chi connectivity index (χ4n) is 9.45. The molecule has 15 nitrogen and oxygen atoms in total. The molecule has 0 unspecified atom stereocenters. The van der Waals surface area contributed by atoms with Crippen LogP contribution in [0.5, 0.6) is 11.5 Å². The molecular formula is C52H68Cl2N8O7. The Morgan fingerprint density at radius 2 is 1.54 bits per heavy atom. The van der Waals surface area contributed by atoms with E-state index in [4.69, 9.17) is 32.7 Å². The molecule has 1 aliphatic carbocycles. The van der Waals surface area contributed by atoms with Gasteiger partial charge in [0.05, 0.1) is 37.6 Å². The molecule has 69 heavy (non-hydrogen) atoms. The molecular weight excluding hydrogens is 920 g/mol. The van der Waals surface area contributed by atoms with Crippen molar-refractivity contribution < 1.29 is 33.4 Å². The number of nitrogens with one attached hydrogen (secondary N) is 2. The molecule has 372 valence electrons. The lowest BCUT2D eigenvalue weighted by Crippen LogP contribution is -2.58. The highest BCUT2D eigenvalue weighted by molar-refractivity contribution is 6.31. The maximum absolute atomic E-state index is 14.9. The monoisotopic (exact) mass is 986 g/mol. The number of carbonyl (C=O) groups excluding carboxylic acids is 5. The number of methoxy groups -OCH3 is 1. The fraction of sp³-hybridized carbons (Fsp3) is 0.500. The first-order valence-corrected chi connectivity index (χ1v) is 24.6. The van der Waals surface area contributed by atoms with Gasteiger partial charge < -0.3 is 44.3 Å². The summed E-state index contributed by atoms with van der Waals surface area (Å²) in [5.74, 6) is -0.860. The second kappa shape index (κ2) is 24.4. The third kappa shape index (κ3) is 13.7. The van der Waals surface area contributed by atoms with Gasteiger partial charge >= 0.3 is 0 Å². The molecule has 0 bridgehead atoms. The van der Waals surface area contributed by atoms with Gasteiger partial charge in [0, 0.05) is 80.3 Å². The van der Waals surface area contributed by atoms with Crippen molar-refractivity contribution in [1.82, 2.24) is 39.8 Å². The Morgan fingerprint density at radius 1 is 0.841 bits per heavy atom. The summed E-state index contributed by atoms with van der Waals surface area (Å²) in [5, 5.41) is 7.06. The van der Waals surface area contributed by atoms with Crippen molar-refractivity contribution in [2.24, 2.45) is 13.0 Å². The Kier molecular flexibility index (Phi) is 18.7. The van der Waals surface area contributed by atoms with E-state index >= 15 is 0 Å². The van der Waals surface area contributed by atoms with E-state index in [1.54, 1.807) is 56.3 Å². The number of carbonyl (C=O) groups is 5. The van der Waals surface area contributed by atoms with Crippen molar-refractivity contribution >= 4 is 52.7 Å². The molecule has 4 aromatic rings. The SMILES string of the molecule is CCC[C@@H]1CC(=O)N(Cc2ccc(Cl)cc2Oc2ccc(-c3cnc(CN(C)C)n3C)cc2)[C@@H](C)C(=O)N[C@@H](COC)C(=O)N(C)[C@@H](Cc2ccc(Cl)cc2)CC(=O)N[C@H]2CCCC[C@@H]2N(C)C1=O. The van der Waals surface area contributed by atoms with E-state index in [0.717, 1.165) is 35.5 Å². The quantitative estimate of drug-likeness (QED) is 0.141. The number of hydrogen-bond donors (Lipinski definition) is 2. The number of halogens is 2. The molecule has 5 amide bonds. The number of amides is 5. The van der Waals surface area contributed by atoms with Gasteiger partial charge in [-0.25, -0.2) is 4.98 Å². The molecule has 1 saturated heterocycles. The second-order valence-electron chi connectivity index (χ2n) is 18.8. The highest BCUT2D eigenvalue weighted by Gasteiger charge is 2.39. The molecule has 2 aliphatic rings. The maximum Gasteiger partial charge on any atom is 0.247 e. The van der Waals surface area contributed by atoms with Crippen LogP contribution in [-0.2, 0) is 55.3 Å². The topological polar surface area (TPSA) is 159 Å². The lowest BCUT2D eigenvalue weighted by Gasteiger charge is -2.40. The molecule has 17 heteroatoms. The summed E-state index contributed by atoms with van der Waals surface area (Å²) in [4.78, 5) is 84.0. The van der Waals surface area contributed by atoms with Gasteiger partial charge in [0.1, 0.15) is 29.4 Å². The highest BCUT2D eigenvalue weighted by Crippen LogP contribution is 2.33. The zero-order valence-corrected chi connectivity index (χ0v) is 42.7. The lowest BCUT2D eigenvalue weighted by atomic mass is 9.87. The highest BCUT2D eigenvalue weighted by atomic mass is 35.5. The summed E-state index contributed by atoms with van der Waals surface area (Å²) in [7, 11) is 10.8. The maximum atomic E-state index is 14.9. The van der Waals surface area contributed by atoms with Crippen LogP contribution in [0.25, 0.3) is 11.3 Å². The van der Waals surface area contributed by atoms with Crippen molar-refractivity contribution in [3.8, 4) is 22.8 Å². The van der Waals surface area contributed by atoms with E-state index in [-0.39, 0.29) is 49.9 Å². The first-order valence-electron chi connectivity index (χ1n) is 23.9. The molecule has 2 heterocycles.